The third-order valence-corrected chi connectivity index (χ3v) is 4.42. The van der Waals surface area contributed by atoms with E-state index in [1.807, 2.05) is 0 Å². The molecule has 1 aromatic carbocycles. The number of fused-ring (bicyclic) bond motifs is 1. The molecule has 0 radical (unpaired) electrons. The first kappa shape index (κ1) is 16.8. The fraction of sp³-hybridized carbons (Fsp3) is 0.471. The van der Waals surface area contributed by atoms with Gasteiger partial charge in [0, 0.05) is 31.5 Å². The van der Waals surface area contributed by atoms with Gasteiger partial charge >= 0.3 is 0 Å². The molecule has 1 N–H and O–H groups in total. The van der Waals surface area contributed by atoms with E-state index in [1.54, 1.807) is 4.90 Å². The van der Waals surface area contributed by atoms with Crippen LogP contribution in [0.1, 0.15) is 37.0 Å². The number of piperidine rings is 1. The van der Waals surface area contributed by atoms with Crippen molar-refractivity contribution in [3.05, 3.63) is 39.3 Å². The minimum absolute atomic E-state index is 0.0366. The summed E-state index contributed by atoms with van der Waals surface area (Å²) in [6.07, 6.45) is -1.67. The van der Waals surface area contributed by atoms with Crippen molar-refractivity contribution in [2.24, 2.45) is 0 Å². The van der Waals surface area contributed by atoms with Crippen molar-refractivity contribution < 1.29 is 22.7 Å². The maximum absolute atomic E-state index is 13.7. The van der Waals surface area contributed by atoms with E-state index in [1.165, 1.54) is 13.8 Å². The molecule has 0 spiro atoms. The number of alkyl halides is 2. The van der Waals surface area contributed by atoms with E-state index in [9.17, 15) is 23.1 Å². The third-order valence-electron chi connectivity index (χ3n) is 4.42. The highest BCUT2D eigenvalue weighted by atomic mass is 19.3. The van der Waals surface area contributed by atoms with Crippen molar-refractivity contribution >= 4 is 16.9 Å². The number of halogens is 3. The van der Waals surface area contributed by atoms with Crippen LogP contribution < -0.4 is 10.3 Å². The number of aliphatic hydroxyl groups is 1. The summed E-state index contributed by atoms with van der Waals surface area (Å²) in [6.45, 7) is 3.09. The molecule has 24 heavy (non-hydrogen) atoms. The topological polar surface area (TPSA) is 53.7 Å². The van der Waals surface area contributed by atoms with Crippen molar-refractivity contribution in [2.45, 2.75) is 38.7 Å². The van der Waals surface area contributed by atoms with Gasteiger partial charge in [0.1, 0.15) is 11.4 Å². The van der Waals surface area contributed by atoms with Gasteiger partial charge in [0.15, 0.2) is 5.43 Å². The molecule has 130 valence electrons. The van der Waals surface area contributed by atoms with Gasteiger partial charge < -0.3 is 14.4 Å². The Morgan fingerprint density at radius 1 is 1.29 bits per heavy atom. The number of rotatable bonds is 2. The first-order valence-corrected chi connectivity index (χ1v) is 7.77. The van der Waals surface area contributed by atoms with Gasteiger partial charge in [0.2, 0.25) is 5.88 Å². The number of aliphatic hydroxyl groups excluding tert-OH is 1. The summed E-state index contributed by atoms with van der Waals surface area (Å²) < 4.78 is 46.2. The molecule has 1 unspecified atom stereocenters. The molecular weight excluding hydrogens is 323 g/mol. The van der Waals surface area contributed by atoms with E-state index in [0.29, 0.717) is 0 Å². The van der Waals surface area contributed by atoms with Crippen LogP contribution in [0, 0.1) is 12.7 Å². The van der Waals surface area contributed by atoms with Crippen molar-refractivity contribution in [3.63, 3.8) is 0 Å². The van der Waals surface area contributed by atoms with Crippen LogP contribution in [0.3, 0.4) is 0 Å². The number of benzene rings is 1. The zero-order chi connectivity index (χ0) is 17.6. The molecule has 2 aromatic rings. The normalized spacial score (nSPS) is 18.8. The lowest BCUT2D eigenvalue weighted by Gasteiger charge is -2.32. The molecule has 4 nitrogen and oxygen atoms in total. The third kappa shape index (κ3) is 2.88. The van der Waals surface area contributed by atoms with E-state index >= 15 is 0 Å². The van der Waals surface area contributed by atoms with Gasteiger partial charge in [-0.1, -0.05) is 0 Å². The average Bonchev–Trinajstić information content (AvgIpc) is 2.51. The molecular formula is C17H18F3NO3. The maximum atomic E-state index is 13.7. The average molecular weight is 341 g/mol. The predicted octanol–water partition coefficient (Wildman–Crippen LogP) is 3.53. The summed E-state index contributed by atoms with van der Waals surface area (Å²) in [4.78, 5) is 14.2. The van der Waals surface area contributed by atoms with Gasteiger partial charge in [-0.25, -0.2) is 13.2 Å². The molecule has 7 heteroatoms. The molecule has 1 saturated heterocycles. The summed E-state index contributed by atoms with van der Waals surface area (Å²) >= 11 is 0. The summed E-state index contributed by atoms with van der Waals surface area (Å²) in [5, 5.41) is 9.87. The monoisotopic (exact) mass is 341 g/mol. The largest absolute Gasteiger partial charge is 0.440 e. The van der Waals surface area contributed by atoms with E-state index in [2.05, 4.69) is 0 Å². The number of hydrogen-bond acceptors (Lipinski definition) is 4. The molecule has 1 aromatic heterocycles. The molecule has 2 heterocycles. The smallest absolute Gasteiger partial charge is 0.251 e. The number of hydrogen-bond donors (Lipinski definition) is 1. The van der Waals surface area contributed by atoms with Gasteiger partial charge in [0.25, 0.3) is 5.92 Å². The first-order chi connectivity index (χ1) is 11.2. The minimum atomic E-state index is -2.71. The quantitative estimate of drug-likeness (QED) is 0.908. The SMILES string of the molecule is Cc1c(N2CCC(F)(F)CC2)oc2c(C(C)O)cc(F)cc2c1=O. The lowest BCUT2D eigenvalue weighted by molar-refractivity contribution is -0.0225. The molecule has 0 amide bonds. The lowest BCUT2D eigenvalue weighted by Crippen LogP contribution is -2.40. The van der Waals surface area contributed by atoms with Crippen LogP contribution in [0.2, 0.25) is 0 Å². The van der Waals surface area contributed by atoms with Gasteiger partial charge in [0.05, 0.1) is 17.1 Å². The summed E-state index contributed by atoms with van der Waals surface area (Å²) in [6, 6.07) is 2.17. The Morgan fingerprint density at radius 3 is 2.50 bits per heavy atom. The molecule has 1 aliphatic rings. The Labute approximate surface area is 136 Å². The molecule has 0 saturated carbocycles. The standard InChI is InChI=1S/C17H18F3NO3/c1-9-14(23)13-8-11(18)7-12(10(2)22)15(13)24-16(9)21-5-3-17(19,20)4-6-21/h7-8,10,22H,3-6H2,1-2H3. The summed E-state index contributed by atoms with van der Waals surface area (Å²) in [5.41, 5.74) is 0.0693. The Hall–Kier alpha value is -2.02. The van der Waals surface area contributed by atoms with Crippen molar-refractivity contribution in [1.82, 2.24) is 0 Å². The van der Waals surface area contributed by atoms with Crippen LogP contribution >= 0.6 is 0 Å². The lowest BCUT2D eigenvalue weighted by atomic mass is 10.0. The first-order valence-electron chi connectivity index (χ1n) is 7.77. The van der Waals surface area contributed by atoms with Gasteiger partial charge in [-0.05, 0) is 26.0 Å². The Morgan fingerprint density at radius 2 is 1.92 bits per heavy atom. The highest BCUT2D eigenvalue weighted by Crippen LogP contribution is 2.34. The second kappa shape index (κ2) is 5.81. The van der Waals surface area contributed by atoms with Gasteiger partial charge in [-0.2, -0.15) is 0 Å². The zero-order valence-corrected chi connectivity index (χ0v) is 13.4. The summed E-state index contributed by atoms with van der Waals surface area (Å²) in [7, 11) is 0. The van der Waals surface area contributed by atoms with Crippen molar-refractivity contribution in [1.29, 1.82) is 0 Å². The van der Waals surface area contributed by atoms with E-state index in [-0.39, 0.29) is 53.9 Å². The maximum Gasteiger partial charge on any atom is 0.251 e. The van der Waals surface area contributed by atoms with Crippen LogP contribution in [0.15, 0.2) is 21.3 Å². The van der Waals surface area contributed by atoms with Crippen LogP contribution in [-0.2, 0) is 0 Å². The fourth-order valence-corrected chi connectivity index (χ4v) is 3.02. The van der Waals surface area contributed by atoms with E-state index in [4.69, 9.17) is 4.42 Å². The Bertz CT molecular complexity index is 835. The summed E-state index contributed by atoms with van der Waals surface area (Å²) in [5.74, 6) is -3.15. The second-order valence-electron chi connectivity index (χ2n) is 6.25. The number of anilines is 1. The Balaban J connectivity index is 2.17. The van der Waals surface area contributed by atoms with Gasteiger partial charge in [-0.3, -0.25) is 4.79 Å². The predicted molar refractivity (Wildman–Crippen MR) is 84.2 cm³/mol. The van der Waals surface area contributed by atoms with Crippen molar-refractivity contribution in [2.75, 3.05) is 18.0 Å². The van der Waals surface area contributed by atoms with Crippen LogP contribution in [0.25, 0.3) is 11.0 Å². The highest BCUT2D eigenvalue weighted by molar-refractivity contribution is 5.82. The molecule has 1 atom stereocenters. The van der Waals surface area contributed by atoms with E-state index in [0.717, 1.165) is 12.1 Å². The van der Waals surface area contributed by atoms with Crippen LogP contribution in [0.5, 0.6) is 0 Å². The minimum Gasteiger partial charge on any atom is -0.440 e. The van der Waals surface area contributed by atoms with Crippen molar-refractivity contribution in [3.8, 4) is 0 Å². The van der Waals surface area contributed by atoms with Gasteiger partial charge in [-0.15, -0.1) is 0 Å². The number of nitrogens with zero attached hydrogens (tertiary/aromatic N) is 1. The Kier molecular flexibility index (Phi) is 4.07. The molecule has 1 aliphatic heterocycles. The highest BCUT2D eigenvalue weighted by Gasteiger charge is 2.35. The van der Waals surface area contributed by atoms with Crippen LogP contribution in [-0.4, -0.2) is 24.1 Å². The molecule has 0 bridgehead atoms. The molecule has 0 aliphatic carbocycles. The molecule has 1 fully saturated rings. The molecule has 3 rings (SSSR count). The second-order valence-corrected chi connectivity index (χ2v) is 6.25. The zero-order valence-electron chi connectivity index (χ0n) is 13.4. The van der Waals surface area contributed by atoms with E-state index < -0.39 is 23.3 Å². The van der Waals surface area contributed by atoms with Crippen LogP contribution in [0.4, 0.5) is 19.1 Å². The fourth-order valence-electron chi connectivity index (χ4n) is 3.02.